The number of halogens is 2. The molecule has 2 unspecified atom stereocenters. The maximum atomic E-state index is 11.4. The molecule has 0 bridgehead atoms. The van der Waals surface area contributed by atoms with Gasteiger partial charge in [-0.3, -0.25) is 4.79 Å². The molecule has 0 aromatic heterocycles. The average Bonchev–Trinajstić information content (AvgIpc) is 2.94. The van der Waals surface area contributed by atoms with E-state index in [0.29, 0.717) is 27.8 Å². The lowest BCUT2D eigenvalue weighted by Gasteiger charge is -2.44. The number of carbonyl (C=O) groups is 1. The van der Waals surface area contributed by atoms with Crippen molar-refractivity contribution < 1.29 is 4.79 Å². The zero-order chi connectivity index (χ0) is 17.1. The molecule has 2 heterocycles. The Morgan fingerprint density at radius 3 is 3.00 bits per heavy atom. The van der Waals surface area contributed by atoms with Crippen LogP contribution in [0.15, 0.2) is 39.3 Å². The molecule has 5 nitrogen and oxygen atoms in total. The fourth-order valence-corrected chi connectivity index (χ4v) is 4.17. The highest BCUT2D eigenvalue weighted by molar-refractivity contribution is 8.03. The molecule has 2 aliphatic rings. The number of amidine groups is 1. The van der Waals surface area contributed by atoms with Crippen molar-refractivity contribution in [3.05, 3.63) is 39.5 Å². The normalized spacial score (nSPS) is 23.7. The minimum absolute atomic E-state index is 0.385. The van der Waals surface area contributed by atoms with Gasteiger partial charge < -0.3 is 15.5 Å². The number of aldehydes is 1. The largest absolute Gasteiger partial charge is 0.381 e. The van der Waals surface area contributed by atoms with Gasteiger partial charge in [-0.2, -0.15) is 0 Å². The third-order valence-electron chi connectivity index (χ3n) is 4.23. The van der Waals surface area contributed by atoms with Crippen LogP contribution < -0.4 is 10.6 Å². The maximum Gasteiger partial charge on any atom is 0.185 e. The molecule has 0 spiro atoms. The molecule has 3 rings (SSSR count). The molecule has 0 aliphatic carbocycles. The number of hydrogen-bond donors (Lipinski definition) is 2. The van der Waals surface area contributed by atoms with E-state index in [-0.39, 0.29) is 0 Å². The van der Waals surface area contributed by atoms with Gasteiger partial charge in [0.05, 0.1) is 21.3 Å². The van der Waals surface area contributed by atoms with E-state index in [1.54, 1.807) is 19.3 Å². The molecule has 0 amide bonds. The highest BCUT2D eigenvalue weighted by atomic mass is 35.5. The number of hydrogen-bond acceptors (Lipinski definition) is 5. The molecular weight excluding hydrogens is 367 g/mol. The molecule has 128 valence electrons. The van der Waals surface area contributed by atoms with Gasteiger partial charge in [-0.25, -0.2) is 4.99 Å². The Morgan fingerprint density at radius 2 is 2.29 bits per heavy atom. The number of likely N-dealkylation sites (tertiary alicyclic amines) is 1. The van der Waals surface area contributed by atoms with Gasteiger partial charge in [0.1, 0.15) is 0 Å². The minimum atomic E-state index is 0.385. The van der Waals surface area contributed by atoms with E-state index < -0.39 is 0 Å². The first-order chi connectivity index (χ1) is 11.6. The third kappa shape index (κ3) is 3.57. The standard InChI is InChI=1S/C16H18Cl2N4OS/c1-19-15(24-13-4-2-3-11(17)16(13)18)7-21-14(9-23)22-8-10-5-20-6-12(10)22/h2-4,7,9-10,12,19-20H,5-6,8H2,1H3/b15-7+,21-14?. The van der Waals surface area contributed by atoms with Crippen LogP contribution in [0.2, 0.25) is 10.0 Å². The van der Waals surface area contributed by atoms with Crippen molar-refractivity contribution in [2.75, 3.05) is 26.7 Å². The van der Waals surface area contributed by atoms with Gasteiger partial charge in [0.2, 0.25) is 0 Å². The van der Waals surface area contributed by atoms with Crippen LogP contribution in [0.4, 0.5) is 0 Å². The third-order valence-corrected chi connectivity index (χ3v) is 6.25. The summed E-state index contributed by atoms with van der Waals surface area (Å²) in [6.45, 7) is 2.81. The second-order valence-electron chi connectivity index (χ2n) is 5.64. The predicted molar refractivity (Wildman–Crippen MR) is 99.8 cm³/mol. The van der Waals surface area contributed by atoms with E-state index in [4.69, 9.17) is 23.2 Å². The maximum absolute atomic E-state index is 11.4. The number of aliphatic imine (C=N–C) groups is 1. The monoisotopic (exact) mass is 384 g/mol. The number of fused-ring (bicyclic) bond motifs is 1. The predicted octanol–water partition coefficient (Wildman–Crippen LogP) is 2.60. The van der Waals surface area contributed by atoms with Crippen molar-refractivity contribution in [3.8, 4) is 0 Å². The fourth-order valence-electron chi connectivity index (χ4n) is 2.90. The van der Waals surface area contributed by atoms with E-state index in [2.05, 4.69) is 20.5 Å². The molecule has 24 heavy (non-hydrogen) atoms. The molecule has 1 aromatic carbocycles. The Hall–Kier alpha value is -1.21. The molecule has 2 fully saturated rings. The van der Waals surface area contributed by atoms with E-state index in [9.17, 15) is 4.79 Å². The number of carbonyl (C=O) groups excluding carboxylic acids is 1. The Labute approximate surface area is 155 Å². The zero-order valence-electron chi connectivity index (χ0n) is 13.1. The molecule has 1 aromatic rings. The van der Waals surface area contributed by atoms with Crippen LogP contribution in [0.25, 0.3) is 0 Å². The summed E-state index contributed by atoms with van der Waals surface area (Å²) in [7, 11) is 1.80. The van der Waals surface area contributed by atoms with E-state index in [1.165, 1.54) is 11.8 Å². The van der Waals surface area contributed by atoms with E-state index in [0.717, 1.165) is 35.8 Å². The lowest BCUT2D eigenvalue weighted by atomic mass is 9.92. The minimum Gasteiger partial charge on any atom is -0.381 e. The Balaban J connectivity index is 1.74. The van der Waals surface area contributed by atoms with E-state index >= 15 is 0 Å². The number of nitrogens with zero attached hydrogens (tertiary/aromatic N) is 2. The van der Waals surface area contributed by atoms with Gasteiger partial charge in [0.15, 0.2) is 12.1 Å². The Kier molecular flexibility index (Phi) is 5.71. The highest BCUT2D eigenvalue weighted by Gasteiger charge is 2.43. The second-order valence-corrected chi connectivity index (χ2v) is 7.51. The van der Waals surface area contributed by atoms with Crippen molar-refractivity contribution in [1.29, 1.82) is 0 Å². The number of nitrogens with one attached hydrogen (secondary N) is 2. The average molecular weight is 385 g/mol. The van der Waals surface area contributed by atoms with Crippen molar-refractivity contribution in [2.45, 2.75) is 10.9 Å². The van der Waals surface area contributed by atoms with Crippen molar-refractivity contribution in [2.24, 2.45) is 10.9 Å². The number of benzene rings is 1. The van der Waals surface area contributed by atoms with Crippen molar-refractivity contribution >= 4 is 47.1 Å². The molecule has 0 saturated carbocycles. The quantitative estimate of drug-likeness (QED) is 0.353. The van der Waals surface area contributed by atoms with Crippen molar-refractivity contribution in [3.63, 3.8) is 0 Å². The summed E-state index contributed by atoms with van der Waals surface area (Å²) in [5.41, 5.74) is 0. The molecule has 2 aliphatic heterocycles. The van der Waals surface area contributed by atoms with Crippen LogP contribution in [0.3, 0.4) is 0 Å². The highest BCUT2D eigenvalue weighted by Crippen LogP contribution is 2.35. The first kappa shape index (κ1) is 17.6. The van der Waals surface area contributed by atoms with Gasteiger partial charge in [-0.15, -0.1) is 0 Å². The van der Waals surface area contributed by atoms with Crippen LogP contribution >= 0.6 is 35.0 Å². The number of rotatable bonds is 5. The number of thioether (sulfide) groups is 1. The summed E-state index contributed by atoms with van der Waals surface area (Å²) in [6, 6.07) is 5.86. The van der Waals surface area contributed by atoms with Crippen LogP contribution in [0, 0.1) is 5.92 Å². The van der Waals surface area contributed by atoms with Crippen LogP contribution in [0.1, 0.15) is 0 Å². The van der Waals surface area contributed by atoms with Crippen LogP contribution in [0.5, 0.6) is 0 Å². The summed E-state index contributed by atoms with van der Waals surface area (Å²) in [5, 5.41) is 8.20. The second kappa shape index (κ2) is 7.78. The SMILES string of the molecule is CN/C(=C\N=C(C=O)N1CC2CNCC21)Sc1cccc(Cl)c1Cl. The fraction of sp³-hybridized carbons (Fsp3) is 0.375. The van der Waals surface area contributed by atoms with Gasteiger partial charge in [-0.1, -0.05) is 41.0 Å². The summed E-state index contributed by atoms with van der Waals surface area (Å²) >= 11 is 13.7. The Morgan fingerprint density at radius 1 is 1.46 bits per heavy atom. The first-order valence-electron chi connectivity index (χ1n) is 7.64. The lowest BCUT2D eigenvalue weighted by molar-refractivity contribution is -0.103. The van der Waals surface area contributed by atoms with Gasteiger partial charge in [0.25, 0.3) is 0 Å². The summed E-state index contributed by atoms with van der Waals surface area (Å²) in [5.74, 6) is 1.09. The first-order valence-corrected chi connectivity index (χ1v) is 9.21. The van der Waals surface area contributed by atoms with E-state index in [1.807, 2.05) is 12.1 Å². The van der Waals surface area contributed by atoms with Crippen LogP contribution in [-0.2, 0) is 4.79 Å². The van der Waals surface area contributed by atoms with Gasteiger partial charge >= 0.3 is 0 Å². The topological polar surface area (TPSA) is 56.7 Å². The van der Waals surface area contributed by atoms with Gasteiger partial charge in [-0.05, 0) is 12.1 Å². The van der Waals surface area contributed by atoms with Gasteiger partial charge in [0, 0.05) is 43.5 Å². The smallest absolute Gasteiger partial charge is 0.185 e. The summed E-state index contributed by atoms with van der Waals surface area (Å²) < 4.78 is 0. The lowest BCUT2D eigenvalue weighted by Crippen LogP contribution is -2.58. The molecule has 8 heteroatoms. The van der Waals surface area contributed by atoms with Crippen LogP contribution in [-0.4, -0.2) is 49.7 Å². The molecular formula is C16H18Cl2N4OS. The molecule has 2 N–H and O–H groups in total. The summed E-state index contributed by atoms with van der Waals surface area (Å²) in [6.07, 6.45) is 2.47. The van der Waals surface area contributed by atoms with Crippen molar-refractivity contribution in [1.82, 2.24) is 15.5 Å². The molecule has 2 saturated heterocycles. The summed E-state index contributed by atoms with van der Waals surface area (Å²) in [4.78, 5) is 18.7. The Bertz CT molecular complexity index is 695. The molecule has 0 radical (unpaired) electrons. The molecule has 2 atom stereocenters. The zero-order valence-corrected chi connectivity index (χ0v) is 15.5.